The normalized spacial score (nSPS) is 19.2. The lowest BCUT2D eigenvalue weighted by molar-refractivity contribution is 0.602. The molecule has 0 atom stereocenters. The summed E-state index contributed by atoms with van der Waals surface area (Å²) in [7, 11) is -3.57. The molecule has 0 aliphatic carbocycles. The summed E-state index contributed by atoms with van der Waals surface area (Å²) in [6.45, 7) is 0. The Hall–Kier alpha value is -0.640. The lowest BCUT2D eigenvalue weighted by Crippen LogP contribution is -2.18. The van der Waals surface area contributed by atoms with Gasteiger partial charge in [-0.3, -0.25) is 0 Å². The van der Waals surface area contributed by atoms with Gasteiger partial charge in [0.15, 0.2) is 5.82 Å². The molecule has 0 bridgehead atoms. The van der Waals surface area contributed by atoms with Crippen LogP contribution in [0.4, 0.5) is 5.82 Å². The molecule has 1 aromatic rings. The molecule has 0 fully saturated rings. The summed E-state index contributed by atoms with van der Waals surface area (Å²) >= 11 is 1.83. The molecule has 0 unspecified atom stereocenters. The second-order valence-electron chi connectivity index (χ2n) is 2.09. The maximum absolute atomic E-state index is 11.0. The fourth-order valence-electron chi connectivity index (χ4n) is 0.825. The number of rotatable bonds is 0. The van der Waals surface area contributed by atoms with Gasteiger partial charge in [0.05, 0.1) is 6.33 Å². The van der Waals surface area contributed by atoms with Crippen LogP contribution in [0, 0.1) is 0 Å². The van der Waals surface area contributed by atoms with Crippen molar-refractivity contribution in [2.24, 2.45) is 4.40 Å². The van der Waals surface area contributed by atoms with Gasteiger partial charge in [-0.2, -0.15) is 8.42 Å². The van der Waals surface area contributed by atoms with Crippen molar-refractivity contribution in [2.45, 2.75) is 0 Å². The summed E-state index contributed by atoms with van der Waals surface area (Å²) in [5, 5.41) is 0. The first-order valence-electron chi connectivity index (χ1n) is 2.90. The van der Waals surface area contributed by atoms with E-state index in [1.165, 1.54) is 6.33 Å². The van der Waals surface area contributed by atoms with Crippen molar-refractivity contribution in [3.8, 4) is 0 Å². The zero-order valence-electron chi connectivity index (χ0n) is 5.57. The summed E-state index contributed by atoms with van der Waals surface area (Å²) in [5.74, 6) is 0.300. The molecule has 2 N–H and O–H groups in total. The van der Waals surface area contributed by atoms with Crippen molar-refractivity contribution in [1.29, 1.82) is 0 Å². The molecule has 0 spiro atoms. The molecule has 8 heteroatoms. The Morgan fingerprint density at radius 3 is 3.00 bits per heavy atom. The first-order valence-corrected chi connectivity index (χ1v) is 5.42. The Morgan fingerprint density at radius 2 is 2.25 bits per heavy atom. The van der Waals surface area contributed by atoms with Crippen molar-refractivity contribution >= 4 is 42.3 Å². The second-order valence-corrected chi connectivity index (χ2v) is 4.44. The lowest BCUT2D eigenvalue weighted by Gasteiger charge is -2.08. The SMILES string of the molecule is O=S1(=O)N=C(I)c2[nH]cnc2N1. The van der Waals surface area contributed by atoms with E-state index in [4.69, 9.17) is 0 Å². The Balaban J connectivity index is 2.67. The predicted octanol–water partition coefficient (Wildman–Crippen LogP) is 0.262. The van der Waals surface area contributed by atoms with Crippen molar-refractivity contribution in [1.82, 2.24) is 9.97 Å². The molecule has 12 heavy (non-hydrogen) atoms. The third-order valence-electron chi connectivity index (χ3n) is 1.27. The van der Waals surface area contributed by atoms with Gasteiger partial charge in [0.2, 0.25) is 0 Å². The van der Waals surface area contributed by atoms with Crippen LogP contribution >= 0.6 is 22.6 Å². The maximum atomic E-state index is 11.0. The van der Waals surface area contributed by atoms with Gasteiger partial charge in [-0.05, 0) is 22.6 Å². The molecule has 1 aliphatic heterocycles. The number of hydrogen-bond acceptors (Lipinski definition) is 3. The van der Waals surface area contributed by atoms with Crippen LogP contribution in [0.15, 0.2) is 10.7 Å². The molecular weight excluding hydrogens is 295 g/mol. The molecule has 0 saturated heterocycles. The number of anilines is 1. The smallest absolute Gasteiger partial charge is 0.341 e. The lowest BCUT2D eigenvalue weighted by atomic mass is 10.5. The van der Waals surface area contributed by atoms with Gasteiger partial charge in [0.25, 0.3) is 0 Å². The molecule has 2 rings (SSSR count). The van der Waals surface area contributed by atoms with Crippen molar-refractivity contribution < 1.29 is 8.42 Å². The van der Waals surface area contributed by atoms with Crippen molar-refractivity contribution in [3.05, 3.63) is 12.0 Å². The molecule has 2 heterocycles. The first kappa shape index (κ1) is 7.98. The quantitative estimate of drug-likeness (QED) is 0.674. The molecule has 0 radical (unpaired) electrons. The van der Waals surface area contributed by atoms with Crippen LogP contribution in [0.25, 0.3) is 0 Å². The van der Waals surface area contributed by atoms with Crippen LogP contribution in [0.2, 0.25) is 0 Å². The third kappa shape index (κ3) is 1.20. The number of H-pyrrole nitrogens is 1. The highest BCUT2D eigenvalue weighted by atomic mass is 127. The average molecular weight is 298 g/mol. The number of aromatic amines is 1. The standard InChI is InChI=1S/C4H3IN4O2S/c5-3-2-4(7-1-6-2)9-12(10,11)8-3/h1,9H,(H,6,7). The maximum Gasteiger partial charge on any atom is 0.344 e. The minimum absolute atomic E-state index is 0.300. The fraction of sp³-hybridized carbons (Fsp3) is 0. The molecule has 0 saturated carbocycles. The number of fused-ring (bicyclic) bond motifs is 1. The minimum atomic E-state index is -3.57. The van der Waals surface area contributed by atoms with Crippen molar-refractivity contribution in [2.75, 3.05) is 4.72 Å². The number of imidazole rings is 1. The topological polar surface area (TPSA) is 87.2 Å². The van der Waals surface area contributed by atoms with Crippen LogP contribution in [-0.4, -0.2) is 22.1 Å². The van der Waals surface area contributed by atoms with Gasteiger partial charge >= 0.3 is 10.2 Å². The van der Waals surface area contributed by atoms with Gasteiger partial charge in [0, 0.05) is 0 Å². The van der Waals surface area contributed by atoms with E-state index in [-0.39, 0.29) is 0 Å². The van der Waals surface area contributed by atoms with E-state index in [1.54, 1.807) is 0 Å². The third-order valence-corrected chi connectivity index (χ3v) is 3.25. The highest BCUT2D eigenvalue weighted by Crippen LogP contribution is 2.21. The molecule has 1 aliphatic rings. The molecule has 0 aromatic carbocycles. The summed E-state index contributed by atoms with van der Waals surface area (Å²) in [4.78, 5) is 6.54. The number of aromatic nitrogens is 2. The van der Waals surface area contributed by atoms with Gasteiger partial charge in [-0.1, -0.05) is 0 Å². The fourth-order valence-corrected chi connectivity index (χ4v) is 2.76. The Labute approximate surface area is 81.8 Å². The Bertz CT molecular complexity index is 447. The second kappa shape index (κ2) is 2.42. The van der Waals surface area contributed by atoms with Crippen LogP contribution in [0.3, 0.4) is 0 Å². The van der Waals surface area contributed by atoms with E-state index in [0.29, 0.717) is 15.2 Å². The minimum Gasteiger partial charge on any atom is -0.341 e. The van der Waals surface area contributed by atoms with E-state index < -0.39 is 10.2 Å². The number of halogens is 1. The largest absolute Gasteiger partial charge is 0.344 e. The molecule has 0 amide bonds. The zero-order chi connectivity index (χ0) is 8.77. The average Bonchev–Trinajstić information content (AvgIpc) is 2.31. The van der Waals surface area contributed by atoms with E-state index >= 15 is 0 Å². The highest BCUT2D eigenvalue weighted by Gasteiger charge is 2.22. The van der Waals surface area contributed by atoms with Crippen LogP contribution in [-0.2, 0) is 10.2 Å². The summed E-state index contributed by atoms with van der Waals surface area (Å²) < 4.78 is 27.9. The van der Waals surface area contributed by atoms with Crippen LogP contribution in [0.5, 0.6) is 0 Å². The predicted molar refractivity (Wildman–Crippen MR) is 51.7 cm³/mol. The van der Waals surface area contributed by atoms with Gasteiger partial charge in [0.1, 0.15) is 9.41 Å². The van der Waals surface area contributed by atoms with Crippen molar-refractivity contribution in [3.63, 3.8) is 0 Å². The summed E-state index contributed by atoms with van der Waals surface area (Å²) in [5.41, 5.74) is 0.602. The van der Waals surface area contributed by atoms with Gasteiger partial charge < -0.3 is 4.98 Å². The first-order chi connectivity index (χ1) is 5.58. The van der Waals surface area contributed by atoms with E-state index in [9.17, 15) is 8.42 Å². The summed E-state index contributed by atoms with van der Waals surface area (Å²) in [6.07, 6.45) is 1.41. The van der Waals surface area contributed by atoms with Gasteiger partial charge in [-0.15, -0.1) is 4.40 Å². The monoisotopic (exact) mass is 298 g/mol. The molecular formula is C4H3IN4O2S. The molecule has 1 aromatic heterocycles. The number of hydrogen-bond donors (Lipinski definition) is 2. The molecule has 6 nitrogen and oxygen atoms in total. The molecule has 64 valence electrons. The van der Waals surface area contributed by atoms with Crippen LogP contribution in [0.1, 0.15) is 5.69 Å². The van der Waals surface area contributed by atoms with E-state index in [2.05, 4.69) is 19.1 Å². The number of nitrogens with zero attached hydrogens (tertiary/aromatic N) is 2. The Morgan fingerprint density at radius 1 is 1.50 bits per heavy atom. The summed E-state index contributed by atoms with van der Waals surface area (Å²) in [6, 6.07) is 0. The van der Waals surface area contributed by atoms with E-state index in [0.717, 1.165) is 0 Å². The number of nitrogens with one attached hydrogen (secondary N) is 2. The van der Waals surface area contributed by atoms with Crippen LogP contribution < -0.4 is 4.72 Å². The van der Waals surface area contributed by atoms with Gasteiger partial charge in [-0.25, -0.2) is 9.71 Å². The Kier molecular flexibility index (Phi) is 1.61. The zero-order valence-corrected chi connectivity index (χ0v) is 8.55. The van der Waals surface area contributed by atoms with E-state index in [1.807, 2.05) is 22.6 Å². The highest BCUT2D eigenvalue weighted by molar-refractivity contribution is 14.1.